The van der Waals surface area contributed by atoms with Crippen molar-refractivity contribution in [3.05, 3.63) is 27.5 Å². The lowest BCUT2D eigenvalue weighted by Gasteiger charge is -2.16. The minimum atomic E-state index is -3.92. The normalized spacial score (nSPS) is 12.0. The van der Waals surface area contributed by atoms with Crippen LogP contribution < -0.4 is 0 Å². The van der Waals surface area contributed by atoms with Crippen LogP contribution in [0.25, 0.3) is 0 Å². The van der Waals surface area contributed by atoms with Gasteiger partial charge in [-0.2, -0.15) is 9.40 Å². The van der Waals surface area contributed by atoms with Crippen LogP contribution in [0.3, 0.4) is 0 Å². The minimum Gasteiger partial charge on any atom is -0.477 e. The number of aromatic nitrogens is 3. The Labute approximate surface area is 125 Å². The molecule has 2 aromatic heterocycles. The van der Waals surface area contributed by atoms with Gasteiger partial charge < -0.3 is 5.11 Å². The molecule has 10 heteroatoms. The molecule has 114 valence electrons. The first-order valence-electron chi connectivity index (χ1n) is 5.89. The molecule has 0 saturated heterocycles. The summed E-state index contributed by atoms with van der Waals surface area (Å²) in [6.07, 6.45) is 0. The molecule has 2 N–H and O–H groups in total. The van der Waals surface area contributed by atoms with Gasteiger partial charge in [0.25, 0.3) is 0 Å². The Morgan fingerprint density at radius 3 is 2.67 bits per heavy atom. The predicted octanol–water partition coefficient (Wildman–Crippen LogP) is 1.00. The topological polar surface area (TPSA) is 116 Å². The van der Waals surface area contributed by atoms with E-state index in [1.165, 1.54) is 12.4 Å². The maximum atomic E-state index is 12.6. The molecule has 0 aliphatic heterocycles. The third kappa shape index (κ3) is 2.96. The summed E-state index contributed by atoms with van der Waals surface area (Å²) in [5.74, 6) is -0.356. The average Bonchev–Trinajstić information content (AvgIpc) is 2.95. The summed E-state index contributed by atoms with van der Waals surface area (Å²) in [5, 5.41) is 17.1. The van der Waals surface area contributed by atoms with E-state index in [4.69, 9.17) is 5.11 Å². The number of aromatic amines is 1. The molecule has 0 aromatic carbocycles. The fourth-order valence-electron chi connectivity index (χ4n) is 1.80. The van der Waals surface area contributed by atoms with E-state index in [2.05, 4.69) is 15.2 Å². The summed E-state index contributed by atoms with van der Waals surface area (Å²) in [6, 6.07) is 0. The van der Waals surface area contributed by atoms with Crippen molar-refractivity contribution in [3.63, 3.8) is 0 Å². The second-order valence-electron chi connectivity index (χ2n) is 4.48. The smallest absolute Gasteiger partial charge is 0.347 e. The van der Waals surface area contributed by atoms with E-state index in [1.54, 1.807) is 13.8 Å². The van der Waals surface area contributed by atoms with Crippen LogP contribution in [0.1, 0.15) is 26.9 Å². The van der Waals surface area contributed by atoms with E-state index in [0.29, 0.717) is 17.2 Å². The number of nitrogens with zero attached hydrogens (tertiary/aromatic N) is 3. The molecule has 0 atom stereocenters. The molecule has 0 unspecified atom stereocenters. The molecule has 0 aliphatic rings. The van der Waals surface area contributed by atoms with Gasteiger partial charge in [0, 0.05) is 7.05 Å². The Morgan fingerprint density at radius 1 is 1.48 bits per heavy atom. The lowest BCUT2D eigenvalue weighted by molar-refractivity contribution is 0.0698. The van der Waals surface area contributed by atoms with Gasteiger partial charge in [0.15, 0.2) is 5.82 Å². The summed E-state index contributed by atoms with van der Waals surface area (Å²) < 4.78 is 26.1. The van der Waals surface area contributed by atoms with Crippen molar-refractivity contribution in [2.45, 2.75) is 25.3 Å². The zero-order chi connectivity index (χ0) is 15.8. The molecular formula is C11H14N4O4S2. The summed E-state index contributed by atoms with van der Waals surface area (Å²) in [7, 11) is -2.56. The number of carboxylic acid groups (broad SMARTS) is 1. The lowest BCUT2D eigenvalue weighted by Crippen LogP contribution is -2.28. The number of sulfonamides is 1. The van der Waals surface area contributed by atoms with Crippen LogP contribution in [0, 0.1) is 13.8 Å². The fourth-order valence-corrected chi connectivity index (χ4v) is 4.50. The van der Waals surface area contributed by atoms with Gasteiger partial charge in [0.1, 0.15) is 15.6 Å². The number of thiophene rings is 1. The zero-order valence-corrected chi connectivity index (χ0v) is 13.2. The van der Waals surface area contributed by atoms with Gasteiger partial charge in [-0.3, -0.25) is 5.10 Å². The fraction of sp³-hybridized carbons (Fsp3) is 0.364. The Bertz CT molecular complexity index is 778. The Kier molecular flexibility index (Phi) is 4.12. The highest BCUT2D eigenvalue weighted by atomic mass is 32.2. The number of aryl methyl sites for hydroxylation is 2. The molecule has 8 nitrogen and oxygen atoms in total. The Morgan fingerprint density at radius 2 is 2.14 bits per heavy atom. The van der Waals surface area contributed by atoms with Crippen LogP contribution >= 0.6 is 11.3 Å². The van der Waals surface area contributed by atoms with Gasteiger partial charge in [-0.25, -0.2) is 18.2 Å². The number of carboxylic acids is 1. The second kappa shape index (κ2) is 5.54. The van der Waals surface area contributed by atoms with Gasteiger partial charge in [0.05, 0.1) is 6.54 Å². The van der Waals surface area contributed by atoms with Crippen molar-refractivity contribution in [1.29, 1.82) is 0 Å². The third-order valence-electron chi connectivity index (χ3n) is 2.79. The van der Waals surface area contributed by atoms with E-state index in [0.717, 1.165) is 15.6 Å². The first kappa shape index (κ1) is 15.6. The van der Waals surface area contributed by atoms with E-state index < -0.39 is 16.0 Å². The van der Waals surface area contributed by atoms with Crippen LogP contribution in [0.2, 0.25) is 0 Å². The monoisotopic (exact) mass is 330 g/mol. The van der Waals surface area contributed by atoms with Gasteiger partial charge >= 0.3 is 5.97 Å². The van der Waals surface area contributed by atoms with Crippen LogP contribution in [0.4, 0.5) is 0 Å². The molecule has 0 spiro atoms. The molecule has 21 heavy (non-hydrogen) atoms. The van der Waals surface area contributed by atoms with Crippen molar-refractivity contribution in [2.75, 3.05) is 7.05 Å². The molecule has 0 saturated carbocycles. The highest BCUT2D eigenvalue weighted by molar-refractivity contribution is 7.89. The van der Waals surface area contributed by atoms with Crippen LogP contribution in [-0.4, -0.2) is 46.0 Å². The van der Waals surface area contributed by atoms with Gasteiger partial charge in [0.2, 0.25) is 10.0 Å². The maximum absolute atomic E-state index is 12.6. The number of aromatic carboxylic acids is 1. The Hall–Kier alpha value is -1.78. The van der Waals surface area contributed by atoms with Crippen molar-refractivity contribution in [3.8, 4) is 0 Å². The van der Waals surface area contributed by atoms with E-state index in [-0.39, 0.29) is 16.3 Å². The summed E-state index contributed by atoms with van der Waals surface area (Å²) >= 11 is 0.896. The first-order valence-corrected chi connectivity index (χ1v) is 8.21. The summed E-state index contributed by atoms with van der Waals surface area (Å²) in [4.78, 5) is 14.8. The molecule has 2 heterocycles. The molecule has 2 rings (SSSR count). The zero-order valence-electron chi connectivity index (χ0n) is 11.6. The van der Waals surface area contributed by atoms with Gasteiger partial charge in [-0.05, 0) is 24.8 Å². The number of carbonyl (C=O) groups is 1. The maximum Gasteiger partial charge on any atom is 0.347 e. The van der Waals surface area contributed by atoms with E-state index in [1.807, 2.05) is 0 Å². The number of rotatable bonds is 5. The number of hydrogen-bond acceptors (Lipinski definition) is 6. The third-order valence-corrected chi connectivity index (χ3v) is 5.99. The van der Waals surface area contributed by atoms with Crippen molar-refractivity contribution < 1.29 is 18.3 Å². The molecule has 0 radical (unpaired) electrons. The summed E-state index contributed by atoms with van der Waals surface area (Å²) in [6.45, 7) is 3.23. The van der Waals surface area contributed by atoms with Crippen LogP contribution in [-0.2, 0) is 16.6 Å². The largest absolute Gasteiger partial charge is 0.477 e. The molecule has 0 amide bonds. The summed E-state index contributed by atoms with van der Waals surface area (Å²) in [5.41, 5.74) is 0.412. The molecule has 0 aliphatic carbocycles. The van der Waals surface area contributed by atoms with E-state index in [9.17, 15) is 13.2 Å². The quantitative estimate of drug-likeness (QED) is 0.845. The number of H-pyrrole nitrogens is 1. The Balaban J connectivity index is 2.37. The number of hydrogen-bond donors (Lipinski definition) is 2. The van der Waals surface area contributed by atoms with Gasteiger partial charge in [-0.15, -0.1) is 11.3 Å². The average molecular weight is 330 g/mol. The SMILES string of the molecule is Cc1nc(CN(C)S(=O)(=O)c2c(C)csc2C(=O)O)n[nH]1. The lowest BCUT2D eigenvalue weighted by atomic mass is 10.3. The van der Waals surface area contributed by atoms with Crippen molar-refractivity contribution >= 4 is 27.3 Å². The molecule has 2 aromatic rings. The first-order chi connectivity index (χ1) is 9.73. The highest BCUT2D eigenvalue weighted by Crippen LogP contribution is 2.29. The van der Waals surface area contributed by atoms with Crippen molar-refractivity contribution in [1.82, 2.24) is 19.5 Å². The molecule has 0 fully saturated rings. The van der Waals surface area contributed by atoms with Crippen LogP contribution in [0.5, 0.6) is 0 Å². The van der Waals surface area contributed by atoms with Gasteiger partial charge in [-0.1, -0.05) is 0 Å². The molecular weight excluding hydrogens is 316 g/mol. The highest BCUT2D eigenvalue weighted by Gasteiger charge is 2.30. The molecule has 0 bridgehead atoms. The number of nitrogens with one attached hydrogen (secondary N) is 1. The predicted molar refractivity (Wildman–Crippen MR) is 75.8 cm³/mol. The standard InChI is InChI=1S/C11H14N4O4S2/c1-6-5-20-9(11(16)17)10(6)21(18,19)15(3)4-8-12-7(2)13-14-8/h5H,4H2,1-3H3,(H,16,17)(H,12,13,14). The van der Waals surface area contributed by atoms with Crippen molar-refractivity contribution in [2.24, 2.45) is 0 Å². The second-order valence-corrected chi connectivity index (χ2v) is 7.34. The minimum absolute atomic E-state index is 0.0407. The van der Waals surface area contributed by atoms with E-state index >= 15 is 0 Å². The van der Waals surface area contributed by atoms with Crippen LogP contribution in [0.15, 0.2) is 10.3 Å².